The molecule has 1 rings (SSSR count). The van der Waals surface area contributed by atoms with Crippen molar-refractivity contribution in [1.29, 1.82) is 0 Å². The van der Waals surface area contributed by atoms with Crippen molar-refractivity contribution in [2.75, 3.05) is 0 Å². The molecule has 0 N–H and O–H groups in total. The smallest absolute Gasteiger partial charge is 0.262 e. The number of nitrogens with zero attached hydrogens (tertiary/aromatic N) is 2. The first-order valence-electron chi connectivity index (χ1n) is 2.03. The molecule has 0 aliphatic rings. The summed E-state index contributed by atoms with van der Waals surface area (Å²) in [7, 11) is 0. The van der Waals surface area contributed by atoms with Gasteiger partial charge in [0.2, 0.25) is 6.08 Å². The molecule has 9 heavy (non-hydrogen) atoms. The van der Waals surface area contributed by atoms with Gasteiger partial charge in [0.1, 0.15) is 0 Å². The van der Waals surface area contributed by atoms with Gasteiger partial charge in [-0.05, 0) is 0 Å². The van der Waals surface area contributed by atoms with E-state index in [4.69, 9.17) is 11.6 Å². The van der Waals surface area contributed by atoms with Crippen molar-refractivity contribution in [3.05, 3.63) is 11.2 Å². The Morgan fingerprint density at radius 1 is 1.89 bits per heavy atom. The summed E-state index contributed by atoms with van der Waals surface area (Å²) in [6.07, 6.45) is 1.28. The normalized spacial score (nSPS) is 8.56. The fourth-order valence-electron chi connectivity index (χ4n) is 0.343. The molecule has 0 spiro atoms. The Labute approximate surface area is 55.1 Å². The molecule has 0 unspecified atom stereocenters. The summed E-state index contributed by atoms with van der Waals surface area (Å²) in [6, 6.07) is 1.31. The average molecular weight is 145 g/mol. The lowest BCUT2D eigenvalue weighted by atomic mass is 10.7. The maximum atomic E-state index is 9.56. The van der Waals surface area contributed by atoms with Gasteiger partial charge in [-0.2, -0.15) is 0 Å². The highest BCUT2D eigenvalue weighted by Gasteiger charge is 1.96. The van der Waals surface area contributed by atoms with Crippen LogP contribution < -0.4 is 0 Å². The van der Waals surface area contributed by atoms with Crippen LogP contribution in [0, 0.1) is 0 Å². The summed E-state index contributed by atoms with van der Waals surface area (Å²) in [4.78, 5) is 12.7. The minimum absolute atomic E-state index is 0.0648. The Balaban J connectivity index is 2.97. The van der Waals surface area contributed by atoms with Crippen LogP contribution >= 0.6 is 11.6 Å². The van der Waals surface area contributed by atoms with Gasteiger partial charge in [-0.25, -0.2) is 4.79 Å². The largest absolute Gasteiger partial charge is 0.334 e. The summed E-state index contributed by atoms with van der Waals surface area (Å²) < 4.78 is 4.39. The first-order valence-corrected chi connectivity index (χ1v) is 2.41. The Bertz CT molecular complexity index is 251. The van der Waals surface area contributed by atoms with Crippen LogP contribution in [0.3, 0.4) is 0 Å². The van der Waals surface area contributed by atoms with Gasteiger partial charge in [0.15, 0.2) is 5.15 Å². The number of carbonyl (C=O) groups excluding carboxylic acids is 1. The first kappa shape index (κ1) is 6.01. The number of aliphatic imine (C=N–C) groups is 1. The molecule has 1 heterocycles. The van der Waals surface area contributed by atoms with Crippen LogP contribution in [0.25, 0.3) is 0 Å². The van der Waals surface area contributed by atoms with Gasteiger partial charge in [0, 0.05) is 6.07 Å². The van der Waals surface area contributed by atoms with Crippen molar-refractivity contribution in [3.8, 4) is 0 Å². The number of hydrogen-bond acceptors (Lipinski definition) is 4. The minimum Gasteiger partial charge on any atom is -0.334 e. The molecule has 4 nitrogen and oxygen atoms in total. The van der Waals surface area contributed by atoms with Crippen molar-refractivity contribution in [2.24, 2.45) is 4.99 Å². The Morgan fingerprint density at radius 2 is 2.67 bits per heavy atom. The highest BCUT2D eigenvalue weighted by atomic mass is 35.5. The van der Waals surface area contributed by atoms with Crippen LogP contribution in [0.2, 0.25) is 5.15 Å². The van der Waals surface area contributed by atoms with E-state index in [2.05, 4.69) is 14.7 Å². The molecular weight excluding hydrogens is 144 g/mol. The zero-order valence-electron chi connectivity index (χ0n) is 4.17. The number of hydrogen-bond donors (Lipinski definition) is 0. The molecule has 0 atom stereocenters. The van der Waals surface area contributed by atoms with Gasteiger partial charge in [-0.3, -0.25) is 0 Å². The van der Waals surface area contributed by atoms with E-state index in [0.29, 0.717) is 0 Å². The van der Waals surface area contributed by atoms with Crippen LogP contribution in [0.1, 0.15) is 0 Å². The number of isocyanates is 1. The van der Waals surface area contributed by atoms with Crippen LogP contribution in [0.5, 0.6) is 0 Å². The van der Waals surface area contributed by atoms with Crippen molar-refractivity contribution in [1.82, 2.24) is 5.16 Å². The van der Waals surface area contributed by atoms with E-state index in [1.54, 1.807) is 0 Å². The molecule has 0 fully saturated rings. The third-order valence-electron chi connectivity index (χ3n) is 0.625. The lowest BCUT2D eigenvalue weighted by Gasteiger charge is -1.67. The van der Waals surface area contributed by atoms with Crippen LogP contribution in [-0.2, 0) is 4.79 Å². The molecule has 0 saturated heterocycles. The first-order chi connectivity index (χ1) is 4.33. The van der Waals surface area contributed by atoms with Crippen molar-refractivity contribution in [3.63, 3.8) is 0 Å². The topological polar surface area (TPSA) is 55.5 Å². The predicted molar refractivity (Wildman–Crippen MR) is 29.3 cm³/mol. The van der Waals surface area contributed by atoms with Crippen molar-refractivity contribution >= 4 is 23.6 Å². The second-order valence-electron chi connectivity index (χ2n) is 1.19. The molecule has 0 amide bonds. The van der Waals surface area contributed by atoms with Gasteiger partial charge in [0.25, 0.3) is 5.88 Å². The maximum absolute atomic E-state index is 9.56. The highest BCUT2D eigenvalue weighted by Crippen LogP contribution is 2.15. The highest BCUT2D eigenvalue weighted by molar-refractivity contribution is 6.29. The fourth-order valence-corrected chi connectivity index (χ4v) is 0.470. The van der Waals surface area contributed by atoms with Crippen LogP contribution in [0.4, 0.5) is 5.88 Å². The van der Waals surface area contributed by atoms with E-state index in [1.165, 1.54) is 12.1 Å². The maximum Gasteiger partial charge on any atom is 0.262 e. The van der Waals surface area contributed by atoms with E-state index >= 15 is 0 Å². The van der Waals surface area contributed by atoms with Gasteiger partial charge in [-0.15, -0.1) is 4.99 Å². The predicted octanol–water partition coefficient (Wildman–Crippen LogP) is 1.30. The van der Waals surface area contributed by atoms with Crippen LogP contribution in [-0.4, -0.2) is 11.2 Å². The third kappa shape index (κ3) is 1.38. The second-order valence-corrected chi connectivity index (χ2v) is 1.58. The molecule has 0 saturated carbocycles. The molecule has 46 valence electrons. The molecule has 0 bridgehead atoms. The average Bonchev–Trinajstić information content (AvgIpc) is 2.17. The zero-order chi connectivity index (χ0) is 6.69. The SMILES string of the molecule is O=C=Nc1cc(Cl)no1. The van der Waals surface area contributed by atoms with Crippen molar-refractivity contribution < 1.29 is 9.32 Å². The molecule has 0 aliphatic heterocycles. The van der Waals surface area contributed by atoms with E-state index in [9.17, 15) is 4.79 Å². The van der Waals surface area contributed by atoms with Crippen LogP contribution in [0.15, 0.2) is 15.6 Å². The second kappa shape index (κ2) is 2.44. The lowest BCUT2D eigenvalue weighted by Crippen LogP contribution is -1.50. The summed E-state index contributed by atoms with van der Waals surface area (Å²) in [5.74, 6) is 0.0648. The van der Waals surface area contributed by atoms with E-state index in [0.717, 1.165) is 0 Å². The minimum atomic E-state index is 0.0648. The molecule has 5 heteroatoms. The molecule has 1 aromatic rings. The summed E-state index contributed by atoms with van der Waals surface area (Å²) in [6.45, 7) is 0. The van der Waals surface area contributed by atoms with Crippen molar-refractivity contribution in [2.45, 2.75) is 0 Å². The number of aromatic nitrogens is 1. The Hall–Kier alpha value is -1.12. The zero-order valence-corrected chi connectivity index (χ0v) is 4.92. The molecule has 1 aromatic heterocycles. The lowest BCUT2D eigenvalue weighted by molar-refractivity contribution is 0.430. The molecular formula is C4HClN2O2. The summed E-state index contributed by atoms with van der Waals surface area (Å²) in [5.41, 5.74) is 0. The Morgan fingerprint density at radius 3 is 3.11 bits per heavy atom. The summed E-state index contributed by atoms with van der Waals surface area (Å²) >= 11 is 5.30. The number of halogens is 1. The molecule has 0 aliphatic carbocycles. The van der Waals surface area contributed by atoms with E-state index in [-0.39, 0.29) is 11.0 Å². The quantitative estimate of drug-likeness (QED) is 0.441. The monoisotopic (exact) mass is 144 g/mol. The van der Waals surface area contributed by atoms with Gasteiger partial charge >= 0.3 is 0 Å². The van der Waals surface area contributed by atoms with E-state index < -0.39 is 0 Å². The van der Waals surface area contributed by atoms with Gasteiger partial charge in [0.05, 0.1) is 0 Å². The van der Waals surface area contributed by atoms with Gasteiger partial charge in [-0.1, -0.05) is 16.8 Å². The molecule has 0 aromatic carbocycles. The van der Waals surface area contributed by atoms with Gasteiger partial charge < -0.3 is 4.52 Å². The Kier molecular flexibility index (Phi) is 1.63. The molecule has 0 radical (unpaired) electrons. The third-order valence-corrected chi connectivity index (χ3v) is 0.803. The fraction of sp³-hybridized carbons (Fsp3) is 0. The summed E-state index contributed by atoms with van der Waals surface area (Å²) in [5, 5.41) is 3.42. The van der Waals surface area contributed by atoms with E-state index in [1.807, 2.05) is 0 Å². The standard InChI is InChI=1S/C4HClN2O2/c5-3-1-4(6-2-8)9-7-3/h1H. The number of rotatable bonds is 1.